The van der Waals surface area contributed by atoms with Gasteiger partial charge in [0, 0.05) is 18.2 Å². The van der Waals surface area contributed by atoms with E-state index in [2.05, 4.69) is 5.32 Å². The number of nitrogens with two attached hydrogens (primary N) is 1. The van der Waals surface area contributed by atoms with Crippen LogP contribution in [0.15, 0.2) is 18.2 Å². The third-order valence-electron chi connectivity index (χ3n) is 3.28. The lowest BCUT2D eigenvalue weighted by Crippen LogP contribution is -2.40. The molecule has 5 heteroatoms. The molecule has 18 heavy (non-hydrogen) atoms. The lowest BCUT2D eigenvalue weighted by Gasteiger charge is -2.26. The predicted molar refractivity (Wildman–Crippen MR) is 64.1 cm³/mol. The fourth-order valence-corrected chi connectivity index (χ4v) is 2.20. The summed E-state index contributed by atoms with van der Waals surface area (Å²) in [6.07, 6.45) is 3.32. The second-order valence-electron chi connectivity index (χ2n) is 4.71. The molecule has 0 bridgehead atoms. The minimum Gasteiger partial charge on any atom is -0.349 e. The van der Waals surface area contributed by atoms with Gasteiger partial charge < -0.3 is 11.1 Å². The number of rotatable bonds is 2. The molecule has 0 saturated heterocycles. The van der Waals surface area contributed by atoms with Crippen LogP contribution < -0.4 is 11.1 Å². The maximum Gasteiger partial charge on any atom is 0.254 e. The molecule has 1 aromatic carbocycles. The van der Waals surface area contributed by atoms with Crippen molar-refractivity contribution in [2.45, 2.75) is 37.8 Å². The molecule has 2 rings (SSSR count). The third-order valence-corrected chi connectivity index (χ3v) is 3.28. The van der Waals surface area contributed by atoms with Gasteiger partial charge in [0.1, 0.15) is 11.6 Å². The van der Waals surface area contributed by atoms with Crippen LogP contribution in [0.1, 0.15) is 36.0 Å². The highest BCUT2D eigenvalue weighted by atomic mass is 19.1. The Balaban J connectivity index is 1.99. The van der Waals surface area contributed by atoms with Gasteiger partial charge >= 0.3 is 0 Å². The molecule has 3 N–H and O–H groups in total. The Morgan fingerprint density at radius 1 is 1.22 bits per heavy atom. The SMILES string of the molecule is NC1CCC(NC(=O)c2ccc(F)cc2F)CC1. The first kappa shape index (κ1) is 13.0. The van der Waals surface area contributed by atoms with Gasteiger partial charge in [0.05, 0.1) is 5.56 Å². The summed E-state index contributed by atoms with van der Waals surface area (Å²) in [5.74, 6) is -2.01. The topological polar surface area (TPSA) is 55.1 Å². The predicted octanol–water partition coefficient (Wildman–Crippen LogP) is 1.96. The fourth-order valence-electron chi connectivity index (χ4n) is 2.20. The summed E-state index contributed by atoms with van der Waals surface area (Å²) in [6, 6.07) is 3.18. The molecule has 1 fully saturated rings. The standard InChI is InChI=1S/C13H16F2N2O/c14-8-1-6-11(12(15)7-8)13(18)17-10-4-2-9(16)3-5-10/h1,6-7,9-10H,2-5,16H2,(H,17,18). The molecule has 0 aromatic heterocycles. The number of nitrogens with one attached hydrogen (secondary N) is 1. The van der Waals surface area contributed by atoms with E-state index >= 15 is 0 Å². The fraction of sp³-hybridized carbons (Fsp3) is 0.462. The molecule has 1 aromatic rings. The summed E-state index contributed by atoms with van der Waals surface area (Å²) in [4.78, 5) is 11.8. The van der Waals surface area contributed by atoms with Crippen molar-refractivity contribution in [1.29, 1.82) is 0 Å². The van der Waals surface area contributed by atoms with Crippen molar-refractivity contribution in [3.63, 3.8) is 0 Å². The van der Waals surface area contributed by atoms with Gasteiger partial charge in [-0.05, 0) is 37.8 Å². The van der Waals surface area contributed by atoms with Crippen LogP contribution >= 0.6 is 0 Å². The lowest BCUT2D eigenvalue weighted by molar-refractivity contribution is 0.0921. The zero-order valence-corrected chi connectivity index (χ0v) is 9.96. The molecule has 1 saturated carbocycles. The van der Waals surface area contributed by atoms with Crippen molar-refractivity contribution in [1.82, 2.24) is 5.32 Å². The molecular formula is C13H16F2N2O. The molecule has 0 spiro atoms. The third kappa shape index (κ3) is 3.04. The molecular weight excluding hydrogens is 238 g/mol. The number of hydrogen-bond donors (Lipinski definition) is 2. The molecule has 0 aliphatic heterocycles. The number of amides is 1. The largest absolute Gasteiger partial charge is 0.349 e. The minimum absolute atomic E-state index is 0.0294. The van der Waals surface area contributed by atoms with Gasteiger partial charge in [-0.3, -0.25) is 4.79 Å². The van der Waals surface area contributed by atoms with Crippen LogP contribution in [0.2, 0.25) is 0 Å². The van der Waals surface area contributed by atoms with E-state index < -0.39 is 17.5 Å². The zero-order valence-electron chi connectivity index (χ0n) is 9.96. The summed E-state index contributed by atoms with van der Waals surface area (Å²) >= 11 is 0. The van der Waals surface area contributed by atoms with Gasteiger partial charge in [-0.2, -0.15) is 0 Å². The van der Waals surface area contributed by atoms with E-state index in [4.69, 9.17) is 5.73 Å². The Kier molecular flexibility index (Phi) is 3.91. The molecule has 0 unspecified atom stereocenters. The molecule has 3 nitrogen and oxygen atoms in total. The number of halogens is 2. The Bertz CT molecular complexity index is 443. The first-order chi connectivity index (χ1) is 8.56. The monoisotopic (exact) mass is 254 g/mol. The van der Waals surface area contributed by atoms with Crippen molar-refractivity contribution in [2.75, 3.05) is 0 Å². The van der Waals surface area contributed by atoms with E-state index in [1.54, 1.807) is 0 Å². The first-order valence-corrected chi connectivity index (χ1v) is 6.08. The van der Waals surface area contributed by atoms with Crippen LogP contribution in [-0.4, -0.2) is 18.0 Å². The van der Waals surface area contributed by atoms with Gasteiger partial charge in [0.2, 0.25) is 0 Å². The molecule has 1 aliphatic rings. The van der Waals surface area contributed by atoms with Gasteiger partial charge in [0.25, 0.3) is 5.91 Å². The second kappa shape index (κ2) is 5.44. The highest BCUT2D eigenvalue weighted by Crippen LogP contribution is 2.18. The van der Waals surface area contributed by atoms with Gasteiger partial charge in [0.15, 0.2) is 0 Å². The Labute approximate surface area is 104 Å². The minimum atomic E-state index is -0.833. The van der Waals surface area contributed by atoms with Crippen molar-refractivity contribution in [2.24, 2.45) is 5.73 Å². The van der Waals surface area contributed by atoms with E-state index in [0.29, 0.717) is 6.07 Å². The maximum atomic E-state index is 13.4. The molecule has 98 valence electrons. The number of carbonyl (C=O) groups excluding carboxylic acids is 1. The van der Waals surface area contributed by atoms with Crippen molar-refractivity contribution in [3.05, 3.63) is 35.4 Å². The van der Waals surface area contributed by atoms with Crippen LogP contribution in [0, 0.1) is 11.6 Å². The molecule has 1 amide bonds. The first-order valence-electron chi connectivity index (χ1n) is 6.08. The van der Waals surface area contributed by atoms with Crippen molar-refractivity contribution in [3.8, 4) is 0 Å². The second-order valence-corrected chi connectivity index (χ2v) is 4.71. The molecule has 0 radical (unpaired) electrons. The zero-order chi connectivity index (χ0) is 13.1. The Morgan fingerprint density at radius 2 is 1.89 bits per heavy atom. The van der Waals surface area contributed by atoms with Gasteiger partial charge in [-0.15, -0.1) is 0 Å². The van der Waals surface area contributed by atoms with Crippen LogP contribution in [-0.2, 0) is 0 Å². The quantitative estimate of drug-likeness (QED) is 0.847. The van der Waals surface area contributed by atoms with E-state index in [1.807, 2.05) is 0 Å². The van der Waals surface area contributed by atoms with Gasteiger partial charge in [-0.1, -0.05) is 0 Å². The lowest BCUT2D eigenvalue weighted by atomic mass is 9.91. The molecule has 1 aliphatic carbocycles. The van der Waals surface area contributed by atoms with Crippen LogP contribution in [0.5, 0.6) is 0 Å². The number of benzene rings is 1. The van der Waals surface area contributed by atoms with Gasteiger partial charge in [-0.25, -0.2) is 8.78 Å². The van der Waals surface area contributed by atoms with E-state index in [0.717, 1.165) is 37.8 Å². The molecule has 0 heterocycles. The summed E-state index contributed by atoms with van der Waals surface area (Å²) in [7, 11) is 0. The van der Waals surface area contributed by atoms with Crippen molar-refractivity contribution < 1.29 is 13.6 Å². The summed E-state index contributed by atoms with van der Waals surface area (Å²) < 4.78 is 26.1. The van der Waals surface area contributed by atoms with E-state index in [-0.39, 0.29) is 17.6 Å². The van der Waals surface area contributed by atoms with Crippen molar-refractivity contribution >= 4 is 5.91 Å². The van der Waals surface area contributed by atoms with Crippen LogP contribution in [0.4, 0.5) is 8.78 Å². The average molecular weight is 254 g/mol. The Hall–Kier alpha value is -1.49. The smallest absolute Gasteiger partial charge is 0.254 e. The maximum absolute atomic E-state index is 13.4. The van der Waals surface area contributed by atoms with E-state index in [1.165, 1.54) is 0 Å². The number of hydrogen-bond acceptors (Lipinski definition) is 2. The summed E-state index contributed by atoms with van der Waals surface area (Å²) in [5.41, 5.74) is 5.65. The highest BCUT2D eigenvalue weighted by Gasteiger charge is 2.21. The average Bonchev–Trinajstić information content (AvgIpc) is 2.32. The van der Waals surface area contributed by atoms with E-state index in [9.17, 15) is 13.6 Å². The highest BCUT2D eigenvalue weighted by molar-refractivity contribution is 5.94. The normalized spacial score (nSPS) is 23.7. The summed E-state index contributed by atoms with van der Waals surface area (Å²) in [6.45, 7) is 0. The Morgan fingerprint density at radius 3 is 2.50 bits per heavy atom. The van der Waals surface area contributed by atoms with Crippen LogP contribution in [0.3, 0.4) is 0 Å². The van der Waals surface area contributed by atoms with Crippen LogP contribution in [0.25, 0.3) is 0 Å². The number of carbonyl (C=O) groups is 1. The molecule has 0 atom stereocenters. The summed E-state index contributed by atoms with van der Waals surface area (Å²) in [5, 5.41) is 2.76.